The number of benzene rings is 1. The van der Waals surface area contributed by atoms with Gasteiger partial charge in [0.05, 0.1) is 11.6 Å². The zero-order valence-electron chi connectivity index (χ0n) is 11.7. The maximum Gasteiger partial charge on any atom is 0.135 e. The summed E-state index contributed by atoms with van der Waals surface area (Å²) in [5, 5.41) is 11.4. The van der Waals surface area contributed by atoms with Crippen LogP contribution in [0.25, 0.3) is 10.9 Å². The number of aromatic nitrogens is 1. The van der Waals surface area contributed by atoms with Crippen molar-refractivity contribution in [3.8, 4) is 0 Å². The van der Waals surface area contributed by atoms with Gasteiger partial charge in [0.1, 0.15) is 5.82 Å². The number of thioether (sulfide) groups is 1. The van der Waals surface area contributed by atoms with E-state index in [0.29, 0.717) is 0 Å². The summed E-state index contributed by atoms with van der Waals surface area (Å²) in [6, 6.07) is 10.2. The highest BCUT2D eigenvalue weighted by Crippen LogP contribution is 2.31. The zero-order chi connectivity index (χ0) is 13.9. The maximum absolute atomic E-state index is 10.3. The number of hydrogen-bond acceptors (Lipinski definition) is 4. The lowest BCUT2D eigenvalue weighted by atomic mass is 10.0. The Labute approximate surface area is 124 Å². The summed E-state index contributed by atoms with van der Waals surface area (Å²) in [5.41, 5.74) is 1.98. The molecule has 0 spiro atoms. The number of aliphatic hydroxyl groups is 1. The third kappa shape index (κ3) is 2.63. The summed E-state index contributed by atoms with van der Waals surface area (Å²) in [6.45, 7) is 4.04. The Morgan fingerprint density at radius 1 is 1.30 bits per heavy atom. The lowest BCUT2D eigenvalue weighted by molar-refractivity contribution is 0.174. The second-order valence-corrected chi connectivity index (χ2v) is 6.34. The predicted molar refractivity (Wildman–Crippen MR) is 86.5 cm³/mol. The largest absolute Gasteiger partial charge is 0.388 e. The molecule has 0 amide bonds. The van der Waals surface area contributed by atoms with E-state index in [4.69, 9.17) is 4.98 Å². The fourth-order valence-corrected chi connectivity index (χ4v) is 3.52. The minimum absolute atomic E-state index is 0.434. The molecule has 0 aliphatic carbocycles. The molecule has 1 fully saturated rings. The van der Waals surface area contributed by atoms with E-state index in [2.05, 4.69) is 17.0 Å². The van der Waals surface area contributed by atoms with Crippen LogP contribution >= 0.6 is 11.8 Å². The van der Waals surface area contributed by atoms with Crippen LogP contribution in [0.3, 0.4) is 0 Å². The highest BCUT2D eigenvalue weighted by atomic mass is 32.2. The molecule has 1 atom stereocenters. The molecule has 0 radical (unpaired) electrons. The van der Waals surface area contributed by atoms with Gasteiger partial charge in [-0.05, 0) is 18.6 Å². The molecule has 4 heteroatoms. The Morgan fingerprint density at radius 3 is 2.80 bits per heavy atom. The number of para-hydroxylation sites is 1. The third-order valence-corrected chi connectivity index (χ3v) is 4.73. The van der Waals surface area contributed by atoms with Crippen LogP contribution in [-0.4, -0.2) is 34.7 Å². The van der Waals surface area contributed by atoms with Crippen molar-refractivity contribution in [1.82, 2.24) is 4.98 Å². The summed E-state index contributed by atoms with van der Waals surface area (Å²) >= 11 is 1.99. The molecule has 3 rings (SSSR count). The van der Waals surface area contributed by atoms with Crippen LogP contribution in [0.5, 0.6) is 0 Å². The average molecular weight is 288 g/mol. The molecule has 1 unspecified atom stereocenters. The van der Waals surface area contributed by atoms with Crippen molar-refractivity contribution in [3.63, 3.8) is 0 Å². The molecule has 0 saturated carbocycles. The van der Waals surface area contributed by atoms with Crippen molar-refractivity contribution in [1.29, 1.82) is 0 Å². The van der Waals surface area contributed by atoms with E-state index in [1.54, 1.807) is 0 Å². The zero-order valence-corrected chi connectivity index (χ0v) is 12.6. The number of hydrogen-bond donors (Lipinski definition) is 1. The molecule has 1 aliphatic heterocycles. The number of anilines is 1. The van der Waals surface area contributed by atoms with Gasteiger partial charge >= 0.3 is 0 Å². The highest BCUT2D eigenvalue weighted by Gasteiger charge is 2.20. The number of aliphatic hydroxyl groups excluding tert-OH is 1. The van der Waals surface area contributed by atoms with E-state index in [9.17, 15) is 5.11 Å². The Balaban J connectivity index is 2.10. The van der Waals surface area contributed by atoms with E-state index >= 15 is 0 Å². The first kappa shape index (κ1) is 13.7. The third-order valence-electron chi connectivity index (χ3n) is 3.79. The van der Waals surface area contributed by atoms with E-state index in [-0.39, 0.29) is 0 Å². The number of nitrogens with zero attached hydrogens (tertiary/aromatic N) is 2. The summed E-state index contributed by atoms with van der Waals surface area (Å²) in [7, 11) is 0. The molecule has 20 heavy (non-hydrogen) atoms. The summed E-state index contributed by atoms with van der Waals surface area (Å²) in [4.78, 5) is 7.14. The Bertz CT molecular complexity index is 596. The van der Waals surface area contributed by atoms with Crippen molar-refractivity contribution in [3.05, 3.63) is 35.9 Å². The van der Waals surface area contributed by atoms with E-state index in [1.807, 2.05) is 36.9 Å². The van der Waals surface area contributed by atoms with Crippen LogP contribution < -0.4 is 4.90 Å². The second kappa shape index (κ2) is 6.02. The molecule has 1 aromatic heterocycles. The predicted octanol–water partition coefficient (Wildman–Crippen LogP) is 3.23. The van der Waals surface area contributed by atoms with Crippen molar-refractivity contribution in [2.24, 2.45) is 0 Å². The molecule has 106 valence electrons. The molecule has 1 saturated heterocycles. The molecule has 1 aromatic carbocycles. The van der Waals surface area contributed by atoms with E-state index in [0.717, 1.165) is 53.3 Å². The normalized spacial score (nSPS) is 17.4. The number of pyridine rings is 1. The molecule has 2 heterocycles. The Kier molecular flexibility index (Phi) is 4.13. The highest BCUT2D eigenvalue weighted by molar-refractivity contribution is 7.99. The molecule has 0 bridgehead atoms. The van der Waals surface area contributed by atoms with Gasteiger partial charge in [0.25, 0.3) is 0 Å². The molecule has 3 nitrogen and oxygen atoms in total. The monoisotopic (exact) mass is 288 g/mol. The maximum atomic E-state index is 10.3. The van der Waals surface area contributed by atoms with Crippen LogP contribution in [0, 0.1) is 0 Å². The van der Waals surface area contributed by atoms with Gasteiger partial charge < -0.3 is 10.0 Å². The fraction of sp³-hybridized carbons (Fsp3) is 0.438. The van der Waals surface area contributed by atoms with Crippen molar-refractivity contribution < 1.29 is 5.11 Å². The number of rotatable bonds is 3. The van der Waals surface area contributed by atoms with Gasteiger partial charge in [0, 0.05) is 35.5 Å². The smallest absolute Gasteiger partial charge is 0.135 e. The van der Waals surface area contributed by atoms with Gasteiger partial charge in [-0.25, -0.2) is 4.98 Å². The first-order chi connectivity index (χ1) is 9.79. The van der Waals surface area contributed by atoms with Gasteiger partial charge in [-0.15, -0.1) is 0 Å². The van der Waals surface area contributed by atoms with Gasteiger partial charge in [-0.3, -0.25) is 0 Å². The number of fused-ring (bicyclic) bond motifs is 1. The molecule has 1 N–H and O–H groups in total. The Hall–Kier alpha value is -1.26. The minimum Gasteiger partial charge on any atom is -0.388 e. The van der Waals surface area contributed by atoms with Gasteiger partial charge in [-0.1, -0.05) is 25.1 Å². The summed E-state index contributed by atoms with van der Waals surface area (Å²) < 4.78 is 0. The standard InChI is InChI=1S/C16H20N2OS/c1-2-15(19)13-11-12-5-3-4-6-14(12)17-16(13)18-7-9-20-10-8-18/h3-6,11,15,19H,2,7-10H2,1H3. The molecule has 2 aromatic rings. The van der Waals surface area contributed by atoms with Crippen molar-refractivity contribution in [2.45, 2.75) is 19.4 Å². The van der Waals surface area contributed by atoms with Crippen LogP contribution in [0.15, 0.2) is 30.3 Å². The van der Waals surface area contributed by atoms with Gasteiger partial charge in [0.15, 0.2) is 0 Å². The molecular weight excluding hydrogens is 268 g/mol. The van der Waals surface area contributed by atoms with Crippen LogP contribution in [0.1, 0.15) is 25.0 Å². The van der Waals surface area contributed by atoms with Gasteiger partial charge in [-0.2, -0.15) is 11.8 Å². The van der Waals surface area contributed by atoms with Crippen molar-refractivity contribution in [2.75, 3.05) is 29.5 Å². The second-order valence-electron chi connectivity index (χ2n) is 5.12. The van der Waals surface area contributed by atoms with E-state index < -0.39 is 6.10 Å². The topological polar surface area (TPSA) is 36.4 Å². The molecular formula is C16H20N2OS. The Morgan fingerprint density at radius 2 is 2.05 bits per heavy atom. The van der Waals surface area contributed by atoms with Gasteiger partial charge in [0.2, 0.25) is 0 Å². The SMILES string of the molecule is CCC(O)c1cc2ccccc2nc1N1CCSCC1. The lowest BCUT2D eigenvalue weighted by Crippen LogP contribution is -2.34. The van der Waals surface area contributed by atoms with Crippen molar-refractivity contribution >= 4 is 28.5 Å². The summed E-state index contributed by atoms with van der Waals surface area (Å²) in [5.74, 6) is 3.24. The van der Waals surface area contributed by atoms with Crippen LogP contribution in [0.2, 0.25) is 0 Å². The first-order valence-electron chi connectivity index (χ1n) is 7.20. The average Bonchev–Trinajstić information content (AvgIpc) is 2.53. The van der Waals surface area contributed by atoms with E-state index in [1.165, 1.54) is 0 Å². The van der Waals surface area contributed by atoms with Crippen LogP contribution in [-0.2, 0) is 0 Å². The molecule has 1 aliphatic rings. The minimum atomic E-state index is -0.434. The quantitative estimate of drug-likeness (QED) is 0.940. The summed E-state index contributed by atoms with van der Waals surface area (Å²) in [6.07, 6.45) is 0.284. The van der Waals surface area contributed by atoms with Crippen LogP contribution in [0.4, 0.5) is 5.82 Å². The fourth-order valence-electron chi connectivity index (χ4n) is 2.62. The lowest BCUT2D eigenvalue weighted by Gasteiger charge is -2.30. The first-order valence-corrected chi connectivity index (χ1v) is 8.35.